The molecule has 0 unspecified atom stereocenters. The third kappa shape index (κ3) is 3.21. The number of carbonyl (C=O) groups is 2. The summed E-state index contributed by atoms with van der Waals surface area (Å²) in [5.41, 5.74) is 2.47. The number of likely N-dealkylation sites (tertiary alicyclic amines) is 1. The van der Waals surface area contributed by atoms with Crippen molar-refractivity contribution in [1.29, 1.82) is 0 Å². The first-order chi connectivity index (χ1) is 13.7. The number of carbonyl (C=O) groups excluding carboxylic acids is 2. The van der Waals surface area contributed by atoms with E-state index < -0.39 is 0 Å². The maximum Gasteiger partial charge on any atom is 0.222 e. The topological polar surface area (TPSA) is 56.4 Å². The van der Waals surface area contributed by atoms with Crippen molar-refractivity contribution in [3.8, 4) is 0 Å². The van der Waals surface area contributed by atoms with Crippen LogP contribution in [-0.2, 0) is 16.0 Å². The van der Waals surface area contributed by atoms with Gasteiger partial charge < -0.3 is 14.8 Å². The van der Waals surface area contributed by atoms with E-state index in [0.717, 1.165) is 45.3 Å². The van der Waals surface area contributed by atoms with E-state index >= 15 is 0 Å². The number of amides is 2. The van der Waals surface area contributed by atoms with Gasteiger partial charge in [-0.1, -0.05) is 18.2 Å². The molecule has 1 aromatic carbocycles. The van der Waals surface area contributed by atoms with Gasteiger partial charge in [0.25, 0.3) is 0 Å². The molecule has 0 aliphatic carbocycles. The van der Waals surface area contributed by atoms with Gasteiger partial charge in [-0.25, -0.2) is 0 Å². The van der Waals surface area contributed by atoms with Crippen molar-refractivity contribution in [2.75, 3.05) is 19.6 Å². The number of benzene rings is 1. The minimum Gasteiger partial charge on any atom is -0.361 e. The van der Waals surface area contributed by atoms with Crippen LogP contribution in [0.3, 0.4) is 0 Å². The largest absolute Gasteiger partial charge is 0.361 e. The van der Waals surface area contributed by atoms with E-state index in [0.29, 0.717) is 42.5 Å². The molecule has 3 atom stereocenters. The van der Waals surface area contributed by atoms with Gasteiger partial charge in [-0.05, 0) is 55.6 Å². The smallest absolute Gasteiger partial charge is 0.222 e. The Morgan fingerprint density at radius 2 is 2.07 bits per heavy atom. The molecule has 3 fully saturated rings. The molecule has 5 rings (SSSR count). The number of aryl methyl sites for hydroxylation is 1. The first-order valence-electron chi connectivity index (χ1n) is 10.8. The van der Waals surface area contributed by atoms with Crippen LogP contribution in [0.4, 0.5) is 0 Å². The lowest BCUT2D eigenvalue weighted by molar-refractivity contribution is -0.148. The quantitative estimate of drug-likeness (QED) is 0.886. The minimum atomic E-state index is 0.296. The molecule has 0 spiro atoms. The SMILES string of the molecule is O=C(CCCc1c[nH]c2ccccc12)N1C[C@H]2C[C@@H](C1)[C@H]1CCCC(=O)N1C2. The van der Waals surface area contributed by atoms with Crippen LogP contribution in [0.1, 0.15) is 44.1 Å². The molecule has 28 heavy (non-hydrogen) atoms. The molecule has 4 heterocycles. The third-order valence-electron chi connectivity index (χ3n) is 7.04. The van der Waals surface area contributed by atoms with Crippen molar-refractivity contribution in [3.63, 3.8) is 0 Å². The predicted octanol–water partition coefficient (Wildman–Crippen LogP) is 3.35. The Morgan fingerprint density at radius 3 is 3.00 bits per heavy atom. The minimum absolute atomic E-state index is 0.296. The number of hydrogen-bond acceptors (Lipinski definition) is 2. The Kier molecular flexibility index (Phi) is 4.61. The number of piperidine rings is 3. The summed E-state index contributed by atoms with van der Waals surface area (Å²) in [7, 11) is 0. The zero-order valence-corrected chi connectivity index (χ0v) is 16.4. The number of fused-ring (bicyclic) bond motifs is 5. The van der Waals surface area contributed by atoms with Gasteiger partial charge in [0.15, 0.2) is 0 Å². The van der Waals surface area contributed by atoms with Gasteiger partial charge in [0.2, 0.25) is 11.8 Å². The fourth-order valence-electron chi connectivity index (χ4n) is 5.74. The molecule has 3 aliphatic rings. The average Bonchev–Trinajstić information content (AvgIpc) is 3.12. The van der Waals surface area contributed by atoms with Gasteiger partial charge in [-0.15, -0.1) is 0 Å². The molecule has 3 aliphatic heterocycles. The molecular weight excluding hydrogens is 350 g/mol. The fourth-order valence-corrected chi connectivity index (χ4v) is 5.74. The van der Waals surface area contributed by atoms with Crippen molar-refractivity contribution >= 4 is 22.7 Å². The Balaban J connectivity index is 1.18. The van der Waals surface area contributed by atoms with Crippen molar-refractivity contribution < 1.29 is 9.59 Å². The molecule has 2 aromatic rings. The molecule has 2 bridgehead atoms. The van der Waals surface area contributed by atoms with E-state index in [1.807, 2.05) is 6.07 Å². The molecule has 1 N–H and O–H groups in total. The predicted molar refractivity (Wildman–Crippen MR) is 109 cm³/mol. The van der Waals surface area contributed by atoms with Crippen molar-refractivity contribution in [2.24, 2.45) is 11.8 Å². The summed E-state index contributed by atoms with van der Waals surface area (Å²) in [6.45, 7) is 2.54. The van der Waals surface area contributed by atoms with E-state index in [1.54, 1.807) is 0 Å². The van der Waals surface area contributed by atoms with Crippen molar-refractivity contribution in [1.82, 2.24) is 14.8 Å². The molecule has 0 saturated carbocycles. The highest BCUT2D eigenvalue weighted by molar-refractivity contribution is 5.83. The van der Waals surface area contributed by atoms with Gasteiger partial charge in [-0.3, -0.25) is 9.59 Å². The van der Waals surface area contributed by atoms with Gasteiger partial charge in [0.05, 0.1) is 0 Å². The van der Waals surface area contributed by atoms with E-state index in [4.69, 9.17) is 0 Å². The van der Waals surface area contributed by atoms with E-state index in [-0.39, 0.29) is 0 Å². The highest BCUT2D eigenvalue weighted by Crippen LogP contribution is 2.38. The maximum atomic E-state index is 12.9. The first-order valence-corrected chi connectivity index (χ1v) is 10.8. The lowest BCUT2D eigenvalue weighted by Gasteiger charge is -2.52. The number of H-pyrrole nitrogens is 1. The molecule has 5 nitrogen and oxygen atoms in total. The lowest BCUT2D eigenvalue weighted by atomic mass is 9.76. The maximum absolute atomic E-state index is 12.9. The summed E-state index contributed by atoms with van der Waals surface area (Å²) in [6, 6.07) is 8.72. The number of rotatable bonds is 4. The highest BCUT2D eigenvalue weighted by Gasteiger charge is 2.44. The molecule has 0 radical (unpaired) electrons. The summed E-state index contributed by atoms with van der Waals surface area (Å²) < 4.78 is 0. The van der Waals surface area contributed by atoms with Crippen LogP contribution in [0.2, 0.25) is 0 Å². The molecule has 3 saturated heterocycles. The van der Waals surface area contributed by atoms with Gasteiger partial charge in [0, 0.05) is 55.6 Å². The normalized spacial score (nSPS) is 27.1. The highest BCUT2D eigenvalue weighted by atomic mass is 16.2. The van der Waals surface area contributed by atoms with Crippen LogP contribution in [0.15, 0.2) is 30.5 Å². The van der Waals surface area contributed by atoms with Crippen LogP contribution in [0, 0.1) is 11.8 Å². The summed E-state index contributed by atoms with van der Waals surface area (Å²) in [6.07, 6.45) is 8.55. The zero-order valence-electron chi connectivity index (χ0n) is 16.4. The van der Waals surface area contributed by atoms with Crippen LogP contribution in [-0.4, -0.2) is 52.3 Å². The summed E-state index contributed by atoms with van der Waals surface area (Å²) in [4.78, 5) is 32.7. The summed E-state index contributed by atoms with van der Waals surface area (Å²) >= 11 is 0. The Bertz CT molecular complexity index is 889. The van der Waals surface area contributed by atoms with Crippen molar-refractivity contribution in [2.45, 2.75) is 51.0 Å². The van der Waals surface area contributed by atoms with Crippen LogP contribution in [0.5, 0.6) is 0 Å². The number of nitrogens with one attached hydrogen (secondary N) is 1. The van der Waals surface area contributed by atoms with E-state index in [2.05, 4.69) is 39.2 Å². The number of aromatic amines is 1. The van der Waals surface area contributed by atoms with E-state index in [9.17, 15) is 9.59 Å². The number of aromatic nitrogens is 1. The monoisotopic (exact) mass is 379 g/mol. The zero-order chi connectivity index (χ0) is 19.1. The van der Waals surface area contributed by atoms with Gasteiger partial charge in [0.1, 0.15) is 0 Å². The van der Waals surface area contributed by atoms with E-state index in [1.165, 1.54) is 22.9 Å². The van der Waals surface area contributed by atoms with Gasteiger partial charge in [-0.2, -0.15) is 0 Å². The standard InChI is InChI=1S/C23H29N3O2/c27-22(9-3-5-17-12-24-20-7-2-1-6-19(17)20)25-13-16-11-18(15-25)21-8-4-10-23(28)26(21)14-16/h1-2,6-7,12,16,18,21,24H,3-5,8-11,13-15H2/t16-,18+,21-/m1/s1. The molecule has 5 heteroatoms. The van der Waals surface area contributed by atoms with Crippen molar-refractivity contribution in [3.05, 3.63) is 36.0 Å². The molecule has 2 amide bonds. The number of hydrogen-bond donors (Lipinski definition) is 1. The van der Waals surface area contributed by atoms with Gasteiger partial charge >= 0.3 is 0 Å². The van der Waals surface area contributed by atoms with Crippen LogP contribution < -0.4 is 0 Å². The Labute approximate surface area is 166 Å². The first kappa shape index (κ1) is 17.8. The molecule has 1 aromatic heterocycles. The summed E-state index contributed by atoms with van der Waals surface area (Å²) in [5.74, 6) is 1.58. The average molecular weight is 380 g/mol. The molecule has 148 valence electrons. The second-order valence-electron chi connectivity index (χ2n) is 8.88. The second-order valence-corrected chi connectivity index (χ2v) is 8.88. The summed E-state index contributed by atoms with van der Waals surface area (Å²) in [5, 5.41) is 1.27. The fraction of sp³-hybridized carbons (Fsp3) is 0.565. The lowest BCUT2D eigenvalue weighted by Crippen LogP contribution is -2.61. The Hall–Kier alpha value is -2.30. The number of nitrogens with zero attached hydrogens (tertiary/aromatic N) is 2. The molecular formula is C23H29N3O2. The number of para-hydroxylation sites is 1. The Morgan fingerprint density at radius 1 is 1.18 bits per heavy atom. The van der Waals surface area contributed by atoms with Crippen LogP contribution in [0.25, 0.3) is 10.9 Å². The third-order valence-corrected chi connectivity index (χ3v) is 7.04. The van der Waals surface area contributed by atoms with Crippen LogP contribution >= 0.6 is 0 Å². The second kappa shape index (κ2) is 7.26.